The predicted octanol–water partition coefficient (Wildman–Crippen LogP) is 4.03. The van der Waals surface area contributed by atoms with Gasteiger partial charge in [-0.05, 0) is 42.2 Å². The molecule has 2 aromatic carbocycles. The van der Waals surface area contributed by atoms with Crippen LogP contribution in [-0.2, 0) is 32.9 Å². The van der Waals surface area contributed by atoms with Gasteiger partial charge in [0.25, 0.3) is 0 Å². The van der Waals surface area contributed by atoms with Crippen LogP contribution in [0.25, 0.3) is 0 Å². The van der Waals surface area contributed by atoms with E-state index in [0.29, 0.717) is 13.1 Å². The molecule has 1 atom stereocenters. The lowest BCUT2D eigenvalue weighted by Crippen LogP contribution is -2.43. The number of hydrogen-bond donors (Lipinski definition) is 0. The second-order valence-electron chi connectivity index (χ2n) is 8.79. The molecule has 0 radical (unpaired) electrons. The summed E-state index contributed by atoms with van der Waals surface area (Å²) in [5, 5.41) is 0. The van der Waals surface area contributed by atoms with Crippen molar-refractivity contribution in [3.05, 3.63) is 101 Å². The van der Waals surface area contributed by atoms with Crippen molar-refractivity contribution in [2.75, 3.05) is 6.54 Å². The van der Waals surface area contributed by atoms with Crippen LogP contribution in [-0.4, -0.2) is 39.1 Å². The Morgan fingerprint density at radius 3 is 2.38 bits per heavy atom. The van der Waals surface area contributed by atoms with Crippen LogP contribution in [0.15, 0.2) is 79.1 Å². The Morgan fingerprint density at radius 2 is 1.71 bits per heavy atom. The molecule has 174 valence electrons. The summed E-state index contributed by atoms with van der Waals surface area (Å²) in [6.45, 7) is 4.97. The van der Waals surface area contributed by atoms with Crippen molar-refractivity contribution in [2.24, 2.45) is 0 Å². The minimum Gasteiger partial charge on any atom is -0.339 e. The van der Waals surface area contributed by atoms with E-state index in [4.69, 9.17) is 0 Å². The second kappa shape index (κ2) is 10.00. The number of rotatable bonds is 8. The molecule has 0 aliphatic carbocycles. The monoisotopic (exact) mass is 455 g/mol. The molecule has 1 saturated heterocycles. The van der Waals surface area contributed by atoms with Gasteiger partial charge < -0.3 is 4.90 Å². The Hall–Kier alpha value is -3.80. The van der Waals surface area contributed by atoms with Crippen molar-refractivity contribution in [2.45, 2.75) is 45.2 Å². The van der Waals surface area contributed by atoms with Crippen LogP contribution < -0.4 is 0 Å². The van der Waals surface area contributed by atoms with Gasteiger partial charge >= 0.3 is 0 Å². The zero-order chi connectivity index (χ0) is 24.1. The maximum Gasteiger partial charge on any atom is 0.241 e. The molecule has 34 heavy (non-hydrogen) atoms. The number of nitrogens with zero attached hydrogens (tertiary/aromatic N) is 3. The van der Waals surface area contributed by atoms with Crippen molar-refractivity contribution in [3.63, 3.8) is 0 Å². The Kier molecular flexibility index (Phi) is 6.87. The molecule has 1 aromatic heterocycles. The van der Waals surface area contributed by atoms with Gasteiger partial charge in [-0.1, -0.05) is 60.7 Å². The summed E-state index contributed by atoms with van der Waals surface area (Å²) in [6.07, 6.45) is 3.23. The number of carbonyl (C=O) groups is 3. The highest BCUT2D eigenvalue weighted by molar-refractivity contribution is 6.10. The summed E-state index contributed by atoms with van der Waals surface area (Å²) < 4.78 is 0. The first-order chi connectivity index (χ1) is 16.4. The van der Waals surface area contributed by atoms with Crippen LogP contribution in [0.5, 0.6) is 0 Å². The first kappa shape index (κ1) is 23.4. The Balaban J connectivity index is 1.67. The highest BCUT2D eigenvalue weighted by Crippen LogP contribution is 2.42. The lowest BCUT2D eigenvalue weighted by molar-refractivity contribution is -0.143. The number of hydrogen-bond acceptors (Lipinski definition) is 4. The minimum atomic E-state index is -1.22. The number of aryl methyl sites for hydroxylation is 1. The molecule has 2 heterocycles. The van der Waals surface area contributed by atoms with Gasteiger partial charge in [-0.3, -0.25) is 24.3 Å². The van der Waals surface area contributed by atoms with Gasteiger partial charge in [0.15, 0.2) is 0 Å². The lowest BCUT2D eigenvalue weighted by Gasteiger charge is -2.31. The first-order valence-electron chi connectivity index (χ1n) is 11.6. The average Bonchev–Trinajstić information content (AvgIpc) is 3.08. The van der Waals surface area contributed by atoms with Crippen LogP contribution in [0, 0.1) is 6.92 Å². The molecule has 1 aliphatic rings. The summed E-state index contributed by atoms with van der Waals surface area (Å²) in [6, 6.07) is 20.9. The van der Waals surface area contributed by atoms with E-state index in [1.165, 1.54) is 4.90 Å². The van der Waals surface area contributed by atoms with Gasteiger partial charge in [-0.15, -0.1) is 0 Å². The number of imide groups is 1. The van der Waals surface area contributed by atoms with Gasteiger partial charge in [-0.25, -0.2) is 0 Å². The number of amides is 3. The van der Waals surface area contributed by atoms with E-state index in [-0.39, 0.29) is 37.1 Å². The maximum atomic E-state index is 13.9. The second-order valence-corrected chi connectivity index (χ2v) is 8.79. The lowest BCUT2D eigenvalue weighted by atomic mass is 9.74. The molecule has 1 fully saturated rings. The number of benzene rings is 2. The van der Waals surface area contributed by atoms with Crippen molar-refractivity contribution in [3.8, 4) is 0 Å². The zero-order valence-corrected chi connectivity index (χ0v) is 19.6. The predicted molar refractivity (Wildman–Crippen MR) is 129 cm³/mol. The van der Waals surface area contributed by atoms with Crippen LogP contribution in [0.1, 0.15) is 42.0 Å². The largest absolute Gasteiger partial charge is 0.339 e. The van der Waals surface area contributed by atoms with Crippen LogP contribution in [0.4, 0.5) is 0 Å². The third-order valence-corrected chi connectivity index (χ3v) is 6.54. The van der Waals surface area contributed by atoms with E-state index in [0.717, 1.165) is 22.3 Å². The van der Waals surface area contributed by atoms with Gasteiger partial charge in [0, 0.05) is 38.3 Å². The van der Waals surface area contributed by atoms with Gasteiger partial charge in [-0.2, -0.15) is 0 Å². The number of aromatic nitrogens is 1. The number of likely N-dealkylation sites (tertiary alicyclic amines) is 1. The topological polar surface area (TPSA) is 70.6 Å². The molecule has 0 saturated carbocycles. The van der Waals surface area contributed by atoms with E-state index in [1.54, 1.807) is 23.4 Å². The Morgan fingerprint density at radius 1 is 1.00 bits per heavy atom. The summed E-state index contributed by atoms with van der Waals surface area (Å²) >= 11 is 0. The van der Waals surface area contributed by atoms with E-state index in [1.807, 2.05) is 74.5 Å². The molecule has 0 unspecified atom stereocenters. The van der Waals surface area contributed by atoms with Crippen LogP contribution >= 0.6 is 0 Å². The molecule has 3 amide bonds. The minimum absolute atomic E-state index is 0.0222. The zero-order valence-electron chi connectivity index (χ0n) is 19.6. The van der Waals surface area contributed by atoms with Gasteiger partial charge in [0.1, 0.15) is 0 Å². The number of carbonyl (C=O) groups excluding carboxylic acids is 3. The highest BCUT2D eigenvalue weighted by atomic mass is 16.2. The molecule has 0 N–H and O–H groups in total. The van der Waals surface area contributed by atoms with Crippen LogP contribution in [0.2, 0.25) is 0 Å². The fraction of sp³-hybridized carbons (Fsp3) is 0.286. The smallest absolute Gasteiger partial charge is 0.241 e. The molecule has 0 bridgehead atoms. The van der Waals surface area contributed by atoms with Crippen molar-refractivity contribution >= 4 is 17.7 Å². The molecule has 1 aliphatic heterocycles. The van der Waals surface area contributed by atoms with E-state index < -0.39 is 5.41 Å². The Bertz CT molecular complexity index is 1180. The summed E-state index contributed by atoms with van der Waals surface area (Å²) in [5.41, 5.74) is 2.22. The standard InChI is InChI=1S/C28H29N3O3/c1-3-30(19-22-11-5-4-6-12-22)25(32)16-28(24-14-8-7-10-21(24)2)17-26(33)31(27(28)34)20-23-13-9-15-29-18-23/h4-15,18H,3,16-17,19-20H2,1-2H3/t28-/m1/s1. The molecule has 6 nitrogen and oxygen atoms in total. The normalized spacial score (nSPS) is 17.8. The third kappa shape index (κ3) is 4.62. The summed E-state index contributed by atoms with van der Waals surface area (Å²) in [5.74, 6) is -0.727. The van der Waals surface area contributed by atoms with Crippen molar-refractivity contribution < 1.29 is 14.4 Å². The molecule has 0 spiro atoms. The molecule has 3 aromatic rings. The molecule has 4 rings (SSSR count). The maximum absolute atomic E-state index is 13.9. The summed E-state index contributed by atoms with van der Waals surface area (Å²) in [4.78, 5) is 47.8. The fourth-order valence-electron chi connectivity index (χ4n) is 4.74. The highest BCUT2D eigenvalue weighted by Gasteiger charge is 2.54. The summed E-state index contributed by atoms with van der Waals surface area (Å²) in [7, 11) is 0. The third-order valence-electron chi connectivity index (χ3n) is 6.54. The van der Waals surface area contributed by atoms with E-state index >= 15 is 0 Å². The van der Waals surface area contributed by atoms with E-state index in [9.17, 15) is 14.4 Å². The van der Waals surface area contributed by atoms with Crippen molar-refractivity contribution in [1.82, 2.24) is 14.8 Å². The number of pyridine rings is 1. The van der Waals surface area contributed by atoms with Crippen molar-refractivity contribution in [1.29, 1.82) is 0 Å². The first-order valence-corrected chi connectivity index (χ1v) is 11.6. The quantitative estimate of drug-likeness (QED) is 0.481. The Labute approximate surface area is 200 Å². The van der Waals surface area contributed by atoms with E-state index in [2.05, 4.69) is 4.98 Å². The van der Waals surface area contributed by atoms with Gasteiger partial charge in [0.05, 0.1) is 12.0 Å². The molecule has 6 heteroatoms. The fourth-order valence-corrected chi connectivity index (χ4v) is 4.74. The van der Waals surface area contributed by atoms with Gasteiger partial charge in [0.2, 0.25) is 17.7 Å². The van der Waals surface area contributed by atoms with Crippen LogP contribution in [0.3, 0.4) is 0 Å². The SMILES string of the molecule is CCN(Cc1ccccc1)C(=O)C[C@]1(c2ccccc2C)CC(=O)N(Cc2cccnc2)C1=O. The molecular formula is C28H29N3O3. The molecular weight excluding hydrogens is 426 g/mol. The average molecular weight is 456 g/mol.